The standard InChI is InChI=1S/C21H17NO4S/c23-21(24)16-10-12-17(13-11-16)27(25,26)22-14-19(15-6-2-1-3-7-15)18-8-4-5-9-20(18)22/h1-13,19H,14H2,(H,23,24). The van der Waals surface area contributed by atoms with Crippen molar-refractivity contribution in [3.8, 4) is 0 Å². The van der Waals surface area contributed by atoms with E-state index in [1.54, 1.807) is 6.07 Å². The van der Waals surface area contributed by atoms with Gasteiger partial charge in [-0.1, -0.05) is 48.5 Å². The molecule has 1 atom stereocenters. The summed E-state index contributed by atoms with van der Waals surface area (Å²) in [7, 11) is -3.80. The molecule has 0 saturated heterocycles. The normalized spacial score (nSPS) is 16.1. The first kappa shape index (κ1) is 17.3. The molecule has 0 amide bonds. The van der Waals surface area contributed by atoms with Crippen molar-refractivity contribution in [2.75, 3.05) is 10.8 Å². The lowest BCUT2D eigenvalue weighted by atomic mass is 9.93. The Morgan fingerprint density at radius 2 is 1.52 bits per heavy atom. The van der Waals surface area contributed by atoms with Crippen molar-refractivity contribution in [3.05, 3.63) is 95.6 Å². The summed E-state index contributed by atoms with van der Waals surface area (Å²) in [5.41, 5.74) is 2.74. The highest BCUT2D eigenvalue weighted by Crippen LogP contribution is 2.42. The first-order valence-corrected chi connectivity index (χ1v) is 9.92. The molecule has 0 aromatic heterocycles. The smallest absolute Gasteiger partial charge is 0.335 e. The minimum Gasteiger partial charge on any atom is -0.478 e. The quantitative estimate of drug-likeness (QED) is 0.750. The third-order valence-electron chi connectivity index (χ3n) is 4.82. The van der Waals surface area contributed by atoms with Crippen LogP contribution >= 0.6 is 0 Å². The molecule has 1 aliphatic rings. The van der Waals surface area contributed by atoms with Crippen LogP contribution in [-0.4, -0.2) is 26.0 Å². The number of sulfonamides is 1. The molecule has 0 spiro atoms. The van der Waals surface area contributed by atoms with Crippen LogP contribution in [0.25, 0.3) is 0 Å². The van der Waals surface area contributed by atoms with E-state index in [1.165, 1.54) is 28.6 Å². The number of carboxylic acid groups (broad SMARTS) is 1. The molecule has 4 rings (SSSR count). The van der Waals surface area contributed by atoms with E-state index in [-0.39, 0.29) is 16.4 Å². The van der Waals surface area contributed by atoms with Crippen LogP contribution in [0, 0.1) is 0 Å². The first-order valence-electron chi connectivity index (χ1n) is 8.48. The van der Waals surface area contributed by atoms with Gasteiger partial charge in [-0.25, -0.2) is 13.2 Å². The number of aromatic carboxylic acids is 1. The van der Waals surface area contributed by atoms with Crippen LogP contribution in [0.1, 0.15) is 27.4 Å². The van der Waals surface area contributed by atoms with Gasteiger partial charge in [0.1, 0.15) is 0 Å². The fraction of sp³-hybridized carbons (Fsp3) is 0.0952. The highest BCUT2D eigenvalue weighted by atomic mass is 32.2. The number of hydrogen-bond acceptors (Lipinski definition) is 3. The Morgan fingerprint density at radius 3 is 2.19 bits per heavy atom. The summed E-state index contributed by atoms with van der Waals surface area (Å²) < 4.78 is 27.9. The van der Waals surface area contributed by atoms with Crippen LogP contribution in [0.4, 0.5) is 5.69 Å². The average Bonchev–Trinajstić information content (AvgIpc) is 3.09. The number of carboxylic acids is 1. The van der Waals surface area contributed by atoms with Gasteiger partial charge in [-0.3, -0.25) is 4.31 Å². The minimum atomic E-state index is -3.80. The zero-order chi connectivity index (χ0) is 19.0. The van der Waals surface area contributed by atoms with Crippen LogP contribution in [0.2, 0.25) is 0 Å². The molecule has 1 aliphatic heterocycles. The summed E-state index contributed by atoms with van der Waals surface area (Å²) in [6.07, 6.45) is 0. The van der Waals surface area contributed by atoms with E-state index in [4.69, 9.17) is 5.11 Å². The molecular formula is C21H17NO4S. The summed E-state index contributed by atoms with van der Waals surface area (Å²) in [6.45, 7) is 0.312. The zero-order valence-corrected chi connectivity index (χ0v) is 15.1. The number of para-hydroxylation sites is 1. The Balaban J connectivity index is 1.76. The molecule has 0 aliphatic carbocycles. The summed E-state index contributed by atoms with van der Waals surface area (Å²) in [4.78, 5) is 11.1. The molecule has 1 heterocycles. The zero-order valence-electron chi connectivity index (χ0n) is 14.3. The molecule has 136 valence electrons. The summed E-state index contributed by atoms with van der Waals surface area (Å²) in [5.74, 6) is -1.13. The van der Waals surface area contributed by atoms with E-state index >= 15 is 0 Å². The third kappa shape index (κ3) is 2.98. The molecule has 0 fully saturated rings. The number of anilines is 1. The summed E-state index contributed by atoms with van der Waals surface area (Å²) in [5, 5.41) is 9.02. The number of rotatable bonds is 4. The van der Waals surface area contributed by atoms with Crippen molar-refractivity contribution in [3.63, 3.8) is 0 Å². The highest BCUT2D eigenvalue weighted by Gasteiger charge is 2.37. The van der Waals surface area contributed by atoms with E-state index < -0.39 is 16.0 Å². The number of nitrogens with zero attached hydrogens (tertiary/aromatic N) is 1. The molecule has 3 aromatic rings. The lowest BCUT2D eigenvalue weighted by Gasteiger charge is -2.20. The first-order chi connectivity index (χ1) is 13.0. The van der Waals surface area contributed by atoms with Gasteiger partial charge in [-0.05, 0) is 41.5 Å². The Morgan fingerprint density at radius 1 is 0.889 bits per heavy atom. The van der Waals surface area contributed by atoms with Crippen molar-refractivity contribution in [1.29, 1.82) is 0 Å². The number of benzene rings is 3. The molecule has 1 unspecified atom stereocenters. The molecule has 6 heteroatoms. The van der Waals surface area contributed by atoms with E-state index in [0.717, 1.165) is 11.1 Å². The van der Waals surface area contributed by atoms with E-state index in [2.05, 4.69) is 0 Å². The highest BCUT2D eigenvalue weighted by molar-refractivity contribution is 7.92. The van der Waals surface area contributed by atoms with Gasteiger partial charge in [0.25, 0.3) is 10.0 Å². The Hall–Kier alpha value is -3.12. The van der Waals surface area contributed by atoms with Crippen LogP contribution in [0.15, 0.2) is 83.8 Å². The van der Waals surface area contributed by atoms with Gasteiger partial charge >= 0.3 is 5.97 Å². The maximum atomic E-state index is 13.2. The molecular weight excluding hydrogens is 362 g/mol. The predicted molar refractivity (Wildman–Crippen MR) is 103 cm³/mol. The lowest BCUT2D eigenvalue weighted by Crippen LogP contribution is -2.30. The van der Waals surface area contributed by atoms with Crippen LogP contribution < -0.4 is 4.31 Å². The Bertz CT molecular complexity index is 1090. The fourth-order valence-corrected chi connectivity index (χ4v) is 4.97. The van der Waals surface area contributed by atoms with Gasteiger partial charge in [0.05, 0.1) is 16.1 Å². The van der Waals surface area contributed by atoms with E-state index in [9.17, 15) is 13.2 Å². The maximum Gasteiger partial charge on any atom is 0.335 e. The van der Waals surface area contributed by atoms with Gasteiger partial charge in [-0.2, -0.15) is 0 Å². The summed E-state index contributed by atoms with van der Waals surface area (Å²) in [6, 6.07) is 22.6. The molecule has 27 heavy (non-hydrogen) atoms. The van der Waals surface area contributed by atoms with Gasteiger partial charge in [0.15, 0.2) is 0 Å². The second-order valence-corrected chi connectivity index (χ2v) is 8.25. The second kappa shape index (κ2) is 6.55. The van der Waals surface area contributed by atoms with Crippen molar-refractivity contribution in [2.24, 2.45) is 0 Å². The third-order valence-corrected chi connectivity index (χ3v) is 6.61. The van der Waals surface area contributed by atoms with Crippen molar-refractivity contribution in [1.82, 2.24) is 0 Å². The van der Waals surface area contributed by atoms with Crippen molar-refractivity contribution < 1.29 is 18.3 Å². The van der Waals surface area contributed by atoms with Gasteiger partial charge in [0, 0.05) is 12.5 Å². The SMILES string of the molecule is O=C(O)c1ccc(S(=O)(=O)N2CC(c3ccccc3)c3ccccc32)cc1. The van der Waals surface area contributed by atoms with Crippen LogP contribution in [0.5, 0.6) is 0 Å². The monoisotopic (exact) mass is 379 g/mol. The topological polar surface area (TPSA) is 74.7 Å². The minimum absolute atomic E-state index is 0.0459. The van der Waals surface area contributed by atoms with E-state index in [0.29, 0.717) is 12.2 Å². The molecule has 0 bridgehead atoms. The van der Waals surface area contributed by atoms with Gasteiger partial charge in [-0.15, -0.1) is 0 Å². The Labute approximate surface area is 157 Å². The lowest BCUT2D eigenvalue weighted by molar-refractivity contribution is 0.0696. The van der Waals surface area contributed by atoms with Gasteiger partial charge in [0.2, 0.25) is 0 Å². The maximum absolute atomic E-state index is 13.2. The number of carbonyl (C=O) groups is 1. The number of hydrogen-bond donors (Lipinski definition) is 1. The molecule has 5 nitrogen and oxygen atoms in total. The van der Waals surface area contributed by atoms with Gasteiger partial charge < -0.3 is 5.11 Å². The fourth-order valence-electron chi connectivity index (χ4n) is 3.47. The largest absolute Gasteiger partial charge is 0.478 e. The predicted octanol–water partition coefficient (Wildman–Crippen LogP) is 3.73. The van der Waals surface area contributed by atoms with E-state index in [1.807, 2.05) is 48.5 Å². The van der Waals surface area contributed by atoms with Crippen molar-refractivity contribution in [2.45, 2.75) is 10.8 Å². The van der Waals surface area contributed by atoms with Crippen molar-refractivity contribution >= 4 is 21.7 Å². The number of fused-ring (bicyclic) bond motifs is 1. The van der Waals surface area contributed by atoms with Crippen LogP contribution in [0.3, 0.4) is 0 Å². The summed E-state index contributed by atoms with van der Waals surface area (Å²) >= 11 is 0. The molecule has 3 aromatic carbocycles. The molecule has 0 radical (unpaired) electrons. The molecule has 0 saturated carbocycles. The van der Waals surface area contributed by atoms with Crippen LogP contribution in [-0.2, 0) is 10.0 Å². The Kier molecular flexibility index (Phi) is 4.20. The average molecular weight is 379 g/mol. The second-order valence-electron chi connectivity index (χ2n) is 6.39. The molecule has 1 N–H and O–H groups in total.